The predicted octanol–water partition coefficient (Wildman–Crippen LogP) is 1.51. The molecule has 2 heterocycles. The fraction of sp³-hybridized carbons (Fsp3) is 0.786. The third-order valence-electron chi connectivity index (χ3n) is 4.12. The molecule has 1 aliphatic rings. The van der Waals surface area contributed by atoms with E-state index in [2.05, 4.69) is 49.3 Å². The summed E-state index contributed by atoms with van der Waals surface area (Å²) in [6.45, 7) is 9.90. The summed E-state index contributed by atoms with van der Waals surface area (Å²) in [5, 5.41) is 8.01. The van der Waals surface area contributed by atoms with E-state index < -0.39 is 0 Å². The Morgan fingerprint density at radius 3 is 2.89 bits per heavy atom. The summed E-state index contributed by atoms with van der Waals surface area (Å²) >= 11 is 0. The number of likely N-dealkylation sites (tertiary alicyclic amines) is 1. The van der Waals surface area contributed by atoms with Crippen molar-refractivity contribution in [2.75, 3.05) is 20.1 Å². The number of nitrogens with zero attached hydrogens (tertiary/aromatic N) is 3. The van der Waals surface area contributed by atoms with Crippen molar-refractivity contribution >= 4 is 0 Å². The molecule has 3 atom stereocenters. The van der Waals surface area contributed by atoms with E-state index in [-0.39, 0.29) is 0 Å². The molecule has 0 amide bonds. The summed E-state index contributed by atoms with van der Waals surface area (Å²) < 4.78 is 2.02. The van der Waals surface area contributed by atoms with Crippen LogP contribution in [-0.4, -0.2) is 46.9 Å². The van der Waals surface area contributed by atoms with Crippen molar-refractivity contribution in [1.29, 1.82) is 0 Å². The Hall–Kier alpha value is -0.870. The Morgan fingerprint density at radius 1 is 1.44 bits per heavy atom. The quantitative estimate of drug-likeness (QED) is 0.879. The number of rotatable bonds is 4. The third kappa shape index (κ3) is 3.33. The van der Waals surface area contributed by atoms with Gasteiger partial charge in [0.25, 0.3) is 0 Å². The third-order valence-corrected chi connectivity index (χ3v) is 4.12. The van der Waals surface area contributed by atoms with Gasteiger partial charge in [-0.15, -0.1) is 0 Å². The average Bonchev–Trinajstić information content (AvgIpc) is 2.71. The summed E-state index contributed by atoms with van der Waals surface area (Å²) in [5.74, 6) is 0.727. The van der Waals surface area contributed by atoms with Gasteiger partial charge < -0.3 is 10.2 Å². The van der Waals surface area contributed by atoms with Gasteiger partial charge in [-0.05, 0) is 38.8 Å². The molecule has 0 aliphatic carbocycles. The van der Waals surface area contributed by atoms with Gasteiger partial charge in [-0.3, -0.25) is 4.68 Å². The molecule has 2 rings (SSSR count). The zero-order valence-corrected chi connectivity index (χ0v) is 12.1. The molecule has 4 heteroatoms. The van der Waals surface area contributed by atoms with Gasteiger partial charge in [0.15, 0.2) is 0 Å². The number of hydrogen-bond donors (Lipinski definition) is 1. The number of hydrogen-bond acceptors (Lipinski definition) is 3. The highest BCUT2D eigenvalue weighted by molar-refractivity contribution is 4.99. The van der Waals surface area contributed by atoms with E-state index in [1.165, 1.54) is 18.5 Å². The van der Waals surface area contributed by atoms with Crippen LogP contribution >= 0.6 is 0 Å². The summed E-state index contributed by atoms with van der Waals surface area (Å²) in [7, 11) is 2.23. The first-order valence-corrected chi connectivity index (χ1v) is 6.99. The Balaban J connectivity index is 1.76. The first kappa shape index (κ1) is 13.6. The lowest BCUT2D eigenvalue weighted by atomic mass is 9.90. The average molecular weight is 250 g/mol. The number of piperidine rings is 1. The second-order valence-electron chi connectivity index (χ2n) is 5.84. The van der Waals surface area contributed by atoms with Gasteiger partial charge in [0.1, 0.15) is 0 Å². The zero-order chi connectivity index (χ0) is 13.1. The second-order valence-corrected chi connectivity index (χ2v) is 5.84. The van der Waals surface area contributed by atoms with E-state index in [1.807, 2.05) is 10.9 Å². The van der Waals surface area contributed by atoms with E-state index in [0.29, 0.717) is 12.1 Å². The fourth-order valence-electron chi connectivity index (χ4n) is 2.78. The van der Waals surface area contributed by atoms with Crippen molar-refractivity contribution in [3.8, 4) is 0 Å². The van der Waals surface area contributed by atoms with Crippen LogP contribution in [0.4, 0.5) is 0 Å². The lowest BCUT2D eigenvalue weighted by Gasteiger charge is -2.40. The molecule has 3 unspecified atom stereocenters. The monoisotopic (exact) mass is 250 g/mol. The van der Waals surface area contributed by atoms with E-state index >= 15 is 0 Å². The van der Waals surface area contributed by atoms with Gasteiger partial charge in [-0.2, -0.15) is 5.10 Å². The highest BCUT2D eigenvalue weighted by Crippen LogP contribution is 2.20. The molecule has 1 saturated heterocycles. The van der Waals surface area contributed by atoms with Crippen LogP contribution in [0.3, 0.4) is 0 Å². The van der Waals surface area contributed by atoms with Crippen molar-refractivity contribution in [2.45, 2.75) is 45.8 Å². The Kier molecular flexibility index (Phi) is 4.40. The van der Waals surface area contributed by atoms with E-state index in [4.69, 9.17) is 0 Å². The van der Waals surface area contributed by atoms with Crippen molar-refractivity contribution < 1.29 is 0 Å². The fourth-order valence-corrected chi connectivity index (χ4v) is 2.78. The van der Waals surface area contributed by atoms with Gasteiger partial charge in [0, 0.05) is 31.4 Å². The van der Waals surface area contributed by atoms with E-state index in [1.54, 1.807) is 0 Å². The lowest BCUT2D eigenvalue weighted by Crippen LogP contribution is -2.51. The topological polar surface area (TPSA) is 33.1 Å². The molecule has 0 aromatic carbocycles. The largest absolute Gasteiger partial charge is 0.312 e. The Bertz CT molecular complexity index is 374. The van der Waals surface area contributed by atoms with E-state index in [9.17, 15) is 0 Å². The summed E-state index contributed by atoms with van der Waals surface area (Å²) in [5.41, 5.74) is 1.23. The first-order valence-electron chi connectivity index (χ1n) is 6.99. The smallest absolute Gasteiger partial charge is 0.0534 e. The maximum atomic E-state index is 4.31. The van der Waals surface area contributed by atoms with Crippen LogP contribution in [0, 0.1) is 12.8 Å². The van der Waals surface area contributed by atoms with Crippen LogP contribution in [0.5, 0.6) is 0 Å². The van der Waals surface area contributed by atoms with Crippen molar-refractivity contribution in [1.82, 2.24) is 20.0 Å². The molecule has 18 heavy (non-hydrogen) atoms. The lowest BCUT2D eigenvalue weighted by molar-refractivity contribution is 0.121. The minimum absolute atomic E-state index is 0.646. The second kappa shape index (κ2) is 5.85. The van der Waals surface area contributed by atoms with Gasteiger partial charge in [0.2, 0.25) is 0 Å². The minimum Gasteiger partial charge on any atom is -0.312 e. The zero-order valence-electron chi connectivity index (χ0n) is 12.1. The van der Waals surface area contributed by atoms with Crippen LogP contribution in [0.15, 0.2) is 12.4 Å². The van der Waals surface area contributed by atoms with Gasteiger partial charge in [0.05, 0.1) is 12.7 Å². The molecule has 0 saturated carbocycles. The molecular formula is C14H26N4. The van der Waals surface area contributed by atoms with Gasteiger partial charge in [-0.1, -0.05) is 6.92 Å². The Labute approximate surface area is 110 Å². The highest BCUT2D eigenvalue weighted by Gasteiger charge is 2.28. The molecule has 102 valence electrons. The maximum absolute atomic E-state index is 4.31. The molecule has 0 bridgehead atoms. The highest BCUT2D eigenvalue weighted by atomic mass is 15.3. The van der Waals surface area contributed by atoms with Gasteiger partial charge in [-0.25, -0.2) is 0 Å². The molecular weight excluding hydrogens is 224 g/mol. The normalized spacial score (nSPS) is 29.7. The van der Waals surface area contributed by atoms with Gasteiger partial charge >= 0.3 is 0 Å². The van der Waals surface area contributed by atoms with E-state index in [0.717, 1.165) is 19.0 Å². The molecule has 1 aromatic rings. The molecule has 1 aliphatic heterocycles. The number of aromatic nitrogens is 2. The van der Waals surface area contributed by atoms with Crippen LogP contribution in [0.1, 0.15) is 25.8 Å². The molecule has 0 radical (unpaired) electrons. The van der Waals surface area contributed by atoms with Crippen molar-refractivity contribution in [2.24, 2.45) is 5.92 Å². The van der Waals surface area contributed by atoms with Crippen LogP contribution < -0.4 is 5.32 Å². The molecule has 4 nitrogen and oxygen atoms in total. The molecule has 1 aromatic heterocycles. The molecule has 1 N–H and O–H groups in total. The number of aryl methyl sites for hydroxylation is 1. The SMILES string of the molecule is Cc1cnn(CCNC2CC(C)N(C)CC2C)c1. The Morgan fingerprint density at radius 2 is 2.22 bits per heavy atom. The first-order chi connectivity index (χ1) is 8.56. The summed E-state index contributed by atoms with van der Waals surface area (Å²) in [4.78, 5) is 2.46. The molecule has 1 fully saturated rings. The van der Waals surface area contributed by atoms with Crippen LogP contribution in [-0.2, 0) is 6.54 Å². The van der Waals surface area contributed by atoms with Crippen molar-refractivity contribution in [3.63, 3.8) is 0 Å². The minimum atomic E-state index is 0.646. The van der Waals surface area contributed by atoms with Crippen molar-refractivity contribution in [3.05, 3.63) is 18.0 Å². The standard InChI is InChI=1S/C14H26N4/c1-11-8-16-18(9-11)6-5-15-14-7-13(3)17(4)10-12(14)2/h8-9,12-15H,5-7,10H2,1-4H3. The maximum Gasteiger partial charge on any atom is 0.0534 e. The molecule has 0 spiro atoms. The van der Waals surface area contributed by atoms with Crippen LogP contribution in [0.2, 0.25) is 0 Å². The summed E-state index contributed by atoms with van der Waals surface area (Å²) in [6, 6.07) is 1.33. The van der Waals surface area contributed by atoms with Crippen LogP contribution in [0.25, 0.3) is 0 Å². The summed E-state index contributed by atoms with van der Waals surface area (Å²) in [6.07, 6.45) is 5.26. The predicted molar refractivity (Wildman–Crippen MR) is 74.6 cm³/mol. The number of nitrogens with one attached hydrogen (secondary N) is 1.